The maximum atomic E-state index is 10.9. The molecule has 0 saturated heterocycles. The Morgan fingerprint density at radius 2 is 1.75 bits per heavy atom. The molecule has 0 bridgehead atoms. The van der Waals surface area contributed by atoms with Crippen LogP contribution >= 0.6 is 0 Å². The van der Waals surface area contributed by atoms with Crippen molar-refractivity contribution in [1.29, 1.82) is 0 Å². The molecule has 0 aromatic heterocycles. The van der Waals surface area contributed by atoms with Crippen LogP contribution in [0, 0.1) is 6.92 Å². The second-order valence-electron chi connectivity index (χ2n) is 4.74. The molecule has 0 heterocycles. The van der Waals surface area contributed by atoms with Crippen molar-refractivity contribution in [3.8, 4) is 5.75 Å². The lowest BCUT2D eigenvalue weighted by Gasteiger charge is -2.10. The number of amides is 1. The number of hydrogen-bond acceptors (Lipinski definition) is 3. The van der Waals surface area contributed by atoms with Gasteiger partial charge in [0.1, 0.15) is 5.75 Å². The number of aromatic hydroxyl groups is 1. The Kier molecular flexibility index (Phi) is 4.25. The largest absolute Gasteiger partial charge is 0.508 e. The third-order valence-corrected chi connectivity index (χ3v) is 2.92. The lowest BCUT2D eigenvalue weighted by atomic mass is 10.1. The summed E-state index contributed by atoms with van der Waals surface area (Å²) in [5, 5.41) is 15.7. The van der Waals surface area contributed by atoms with E-state index in [4.69, 9.17) is 0 Å². The predicted octanol–water partition coefficient (Wildman–Crippen LogP) is 3.27. The highest BCUT2D eigenvalue weighted by Gasteiger charge is 2.01. The molecule has 0 aliphatic rings. The summed E-state index contributed by atoms with van der Waals surface area (Å²) < 4.78 is 0. The summed E-state index contributed by atoms with van der Waals surface area (Å²) in [5.74, 6) is 0.202. The molecule has 1 amide bonds. The number of phenols is 1. The fourth-order valence-electron chi connectivity index (χ4n) is 1.93. The molecular formula is C16H18N2O2. The van der Waals surface area contributed by atoms with Gasteiger partial charge in [-0.3, -0.25) is 4.79 Å². The van der Waals surface area contributed by atoms with E-state index in [-0.39, 0.29) is 11.7 Å². The Morgan fingerprint density at radius 3 is 2.40 bits per heavy atom. The summed E-state index contributed by atoms with van der Waals surface area (Å²) in [7, 11) is 0. The molecule has 4 nitrogen and oxygen atoms in total. The zero-order valence-corrected chi connectivity index (χ0v) is 11.6. The number of phenolic OH excluding ortho intramolecular Hbond substituents is 1. The van der Waals surface area contributed by atoms with Crippen molar-refractivity contribution in [3.05, 3.63) is 53.6 Å². The molecule has 2 aromatic rings. The van der Waals surface area contributed by atoms with Crippen molar-refractivity contribution in [1.82, 2.24) is 0 Å². The van der Waals surface area contributed by atoms with Crippen LogP contribution in [0.15, 0.2) is 42.5 Å². The summed E-state index contributed by atoms with van der Waals surface area (Å²) in [5.41, 5.74) is 3.66. The topological polar surface area (TPSA) is 61.4 Å². The Hall–Kier alpha value is -2.49. The Balaban J connectivity index is 2.00. The van der Waals surface area contributed by atoms with E-state index in [2.05, 4.69) is 10.6 Å². The lowest BCUT2D eigenvalue weighted by Crippen LogP contribution is -2.05. The van der Waals surface area contributed by atoms with Crippen LogP contribution in [0.1, 0.15) is 18.1 Å². The van der Waals surface area contributed by atoms with E-state index in [1.165, 1.54) is 6.92 Å². The molecule has 0 saturated carbocycles. The highest BCUT2D eigenvalue weighted by Crippen LogP contribution is 2.20. The van der Waals surface area contributed by atoms with Gasteiger partial charge in [-0.05, 0) is 37.3 Å². The second-order valence-corrected chi connectivity index (χ2v) is 4.74. The van der Waals surface area contributed by atoms with Gasteiger partial charge in [0.2, 0.25) is 5.91 Å². The molecule has 3 N–H and O–H groups in total. The van der Waals surface area contributed by atoms with Crippen molar-refractivity contribution >= 4 is 17.3 Å². The van der Waals surface area contributed by atoms with Gasteiger partial charge in [-0.1, -0.05) is 17.7 Å². The van der Waals surface area contributed by atoms with Crippen molar-refractivity contribution in [2.75, 3.05) is 10.6 Å². The first-order chi connectivity index (χ1) is 9.54. The number of nitrogens with one attached hydrogen (secondary N) is 2. The van der Waals surface area contributed by atoms with Crippen LogP contribution in [0.2, 0.25) is 0 Å². The maximum Gasteiger partial charge on any atom is 0.221 e. The molecule has 0 unspecified atom stereocenters. The van der Waals surface area contributed by atoms with Crippen LogP contribution in [-0.2, 0) is 11.3 Å². The fourth-order valence-corrected chi connectivity index (χ4v) is 1.93. The van der Waals surface area contributed by atoms with Crippen molar-refractivity contribution < 1.29 is 9.90 Å². The molecule has 0 fully saturated rings. The molecule has 0 radical (unpaired) electrons. The van der Waals surface area contributed by atoms with Crippen LogP contribution in [-0.4, -0.2) is 11.0 Å². The van der Waals surface area contributed by atoms with Crippen molar-refractivity contribution in [2.45, 2.75) is 20.4 Å². The van der Waals surface area contributed by atoms with E-state index in [1.54, 1.807) is 6.07 Å². The van der Waals surface area contributed by atoms with Gasteiger partial charge < -0.3 is 15.7 Å². The molecule has 4 heteroatoms. The second kappa shape index (κ2) is 6.10. The highest BCUT2D eigenvalue weighted by molar-refractivity contribution is 5.88. The minimum Gasteiger partial charge on any atom is -0.508 e. The average Bonchev–Trinajstić information content (AvgIpc) is 2.41. The minimum atomic E-state index is -0.0876. The SMILES string of the molecule is CC(=O)Nc1ccc(NCc2cc(C)ccc2O)cc1. The first-order valence-corrected chi connectivity index (χ1v) is 6.44. The normalized spacial score (nSPS) is 10.1. The predicted molar refractivity (Wildman–Crippen MR) is 80.9 cm³/mol. The molecule has 2 aromatic carbocycles. The van der Waals surface area contributed by atoms with E-state index >= 15 is 0 Å². The molecular weight excluding hydrogens is 252 g/mol. The van der Waals surface area contributed by atoms with Gasteiger partial charge >= 0.3 is 0 Å². The molecule has 0 aliphatic heterocycles. The molecule has 0 spiro atoms. The van der Waals surface area contributed by atoms with E-state index < -0.39 is 0 Å². The average molecular weight is 270 g/mol. The molecule has 0 aliphatic carbocycles. The Morgan fingerprint density at radius 1 is 1.10 bits per heavy atom. The van der Waals surface area contributed by atoms with Crippen LogP contribution < -0.4 is 10.6 Å². The number of anilines is 2. The first kappa shape index (κ1) is 13.9. The van der Waals surface area contributed by atoms with Gasteiger partial charge in [0, 0.05) is 30.4 Å². The van der Waals surface area contributed by atoms with Gasteiger partial charge in [-0.15, -0.1) is 0 Å². The third-order valence-electron chi connectivity index (χ3n) is 2.92. The number of rotatable bonds is 4. The smallest absolute Gasteiger partial charge is 0.221 e. The van der Waals surface area contributed by atoms with Gasteiger partial charge in [0.05, 0.1) is 0 Å². The van der Waals surface area contributed by atoms with Gasteiger partial charge in [-0.25, -0.2) is 0 Å². The molecule has 20 heavy (non-hydrogen) atoms. The van der Waals surface area contributed by atoms with E-state index in [0.29, 0.717) is 6.54 Å². The molecule has 2 rings (SSSR count). The first-order valence-electron chi connectivity index (χ1n) is 6.44. The number of carbonyl (C=O) groups is 1. The summed E-state index contributed by atoms with van der Waals surface area (Å²) in [6.07, 6.45) is 0. The van der Waals surface area contributed by atoms with Crippen molar-refractivity contribution in [3.63, 3.8) is 0 Å². The highest BCUT2D eigenvalue weighted by atomic mass is 16.3. The quantitative estimate of drug-likeness (QED) is 0.799. The van der Waals surface area contributed by atoms with Gasteiger partial charge in [0.15, 0.2) is 0 Å². The van der Waals surface area contributed by atoms with Crippen LogP contribution in [0.25, 0.3) is 0 Å². The third kappa shape index (κ3) is 3.75. The van der Waals surface area contributed by atoms with Crippen LogP contribution in [0.5, 0.6) is 5.75 Å². The van der Waals surface area contributed by atoms with E-state index in [9.17, 15) is 9.90 Å². The standard InChI is InChI=1S/C16H18N2O2/c1-11-3-8-16(20)13(9-11)10-17-14-4-6-15(7-5-14)18-12(2)19/h3-9,17,20H,10H2,1-2H3,(H,18,19). The number of aryl methyl sites for hydroxylation is 1. The summed E-state index contributed by atoms with van der Waals surface area (Å²) in [6.45, 7) is 4.02. The zero-order valence-electron chi connectivity index (χ0n) is 11.6. The number of benzene rings is 2. The zero-order chi connectivity index (χ0) is 14.5. The van der Waals surface area contributed by atoms with E-state index in [1.807, 2.05) is 43.3 Å². The van der Waals surface area contributed by atoms with Crippen molar-refractivity contribution in [2.24, 2.45) is 0 Å². The minimum absolute atomic E-state index is 0.0876. The number of hydrogen-bond donors (Lipinski definition) is 3. The fraction of sp³-hybridized carbons (Fsp3) is 0.188. The lowest BCUT2D eigenvalue weighted by molar-refractivity contribution is -0.114. The monoisotopic (exact) mass is 270 g/mol. The summed E-state index contributed by atoms with van der Waals surface area (Å²) in [6, 6.07) is 13.0. The van der Waals surface area contributed by atoms with Crippen LogP contribution in [0.3, 0.4) is 0 Å². The Labute approximate surface area is 118 Å². The molecule has 0 atom stereocenters. The Bertz CT molecular complexity index is 606. The summed E-state index contributed by atoms with van der Waals surface area (Å²) in [4.78, 5) is 10.9. The van der Waals surface area contributed by atoms with Gasteiger partial charge in [0.25, 0.3) is 0 Å². The molecule has 104 valence electrons. The van der Waals surface area contributed by atoms with Gasteiger partial charge in [-0.2, -0.15) is 0 Å². The maximum absolute atomic E-state index is 10.9. The van der Waals surface area contributed by atoms with Crippen LogP contribution in [0.4, 0.5) is 11.4 Å². The number of carbonyl (C=O) groups excluding carboxylic acids is 1. The van der Waals surface area contributed by atoms with E-state index in [0.717, 1.165) is 22.5 Å². The summed E-state index contributed by atoms with van der Waals surface area (Å²) >= 11 is 0.